The van der Waals surface area contributed by atoms with Crippen molar-refractivity contribution >= 4 is 35.2 Å². The number of imide groups is 1. The third-order valence-electron chi connectivity index (χ3n) is 5.57. The summed E-state index contributed by atoms with van der Waals surface area (Å²) in [5, 5.41) is 5.65. The number of thiazole rings is 1. The summed E-state index contributed by atoms with van der Waals surface area (Å²) in [5.74, 6) is -1.02. The monoisotopic (exact) mass is 472 g/mol. The SMILES string of the molecule is COCc1sc(COC(=O)NCc2ccc3c(c2)C(=O)N(C2CCC(=O)NC2=O)C3)nc1C. The van der Waals surface area contributed by atoms with Crippen LogP contribution in [0.5, 0.6) is 0 Å². The first-order chi connectivity index (χ1) is 15.9. The van der Waals surface area contributed by atoms with Gasteiger partial charge in [0, 0.05) is 32.2 Å². The number of fused-ring (bicyclic) bond motifs is 1. The molecule has 1 unspecified atom stereocenters. The molecule has 0 bridgehead atoms. The molecule has 0 aliphatic carbocycles. The number of amides is 4. The summed E-state index contributed by atoms with van der Waals surface area (Å²) in [4.78, 5) is 55.4. The number of methoxy groups -OCH3 is 1. The Labute approximate surface area is 194 Å². The zero-order chi connectivity index (χ0) is 23.5. The summed E-state index contributed by atoms with van der Waals surface area (Å²) < 4.78 is 10.4. The fourth-order valence-electron chi connectivity index (χ4n) is 3.88. The second kappa shape index (κ2) is 9.67. The normalized spacial score (nSPS) is 17.7. The van der Waals surface area contributed by atoms with Crippen LogP contribution in [0.25, 0.3) is 0 Å². The maximum absolute atomic E-state index is 12.9. The predicted molar refractivity (Wildman–Crippen MR) is 117 cm³/mol. The summed E-state index contributed by atoms with van der Waals surface area (Å²) in [5.41, 5.74) is 2.89. The van der Waals surface area contributed by atoms with E-state index in [1.54, 1.807) is 13.2 Å². The van der Waals surface area contributed by atoms with Crippen molar-refractivity contribution in [3.05, 3.63) is 50.5 Å². The van der Waals surface area contributed by atoms with E-state index >= 15 is 0 Å². The molecule has 10 nitrogen and oxygen atoms in total. The number of aryl methyl sites for hydroxylation is 1. The summed E-state index contributed by atoms with van der Waals surface area (Å²) in [6.45, 7) is 2.90. The van der Waals surface area contributed by atoms with Crippen LogP contribution in [-0.2, 0) is 45.4 Å². The molecule has 1 aromatic carbocycles. The Kier molecular flexibility index (Phi) is 6.70. The van der Waals surface area contributed by atoms with Gasteiger partial charge in [0.15, 0.2) is 0 Å². The van der Waals surface area contributed by atoms with E-state index in [9.17, 15) is 19.2 Å². The van der Waals surface area contributed by atoms with E-state index in [2.05, 4.69) is 15.6 Å². The van der Waals surface area contributed by atoms with Gasteiger partial charge in [-0.05, 0) is 30.5 Å². The van der Waals surface area contributed by atoms with Crippen LogP contribution >= 0.6 is 11.3 Å². The molecule has 1 fully saturated rings. The highest BCUT2D eigenvalue weighted by Gasteiger charge is 2.39. The Balaban J connectivity index is 1.31. The van der Waals surface area contributed by atoms with Gasteiger partial charge >= 0.3 is 6.09 Å². The predicted octanol–water partition coefficient (Wildman–Crippen LogP) is 1.79. The number of nitrogens with one attached hydrogen (secondary N) is 2. The minimum absolute atomic E-state index is 0.0602. The summed E-state index contributed by atoms with van der Waals surface area (Å²) in [7, 11) is 1.61. The van der Waals surface area contributed by atoms with Crippen molar-refractivity contribution < 1.29 is 28.7 Å². The van der Waals surface area contributed by atoms with Crippen LogP contribution < -0.4 is 10.6 Å². The quantitative estimate of drug-likeness (QED) is 0.588. The van der Waals surface area contributed by atoms with Gasteiger partial charge in [-0.15, -0.1) is 11.3 Å². The van der Waals surface area contributed by atoms with Crippen LogP contribution in [0.1, 0.15) is 49.9 Å². The molecule has 2 aliphatic heterocycles. The zero-order valence-electron chi connectivity index (χ0n) is 18.3. The lowest BCUT2D eigenvalue weighted by Crippen LogP contribution is -2.52. The molecule has 0 saturated carbocycles. The highest BCUT2D eigenvalue weighted by Crippen LogP contribution is 2.28. The summed E-state index contributed by atoms with van der Waals surface area (Å²) in [6.07, 6.45) is -0.0636. The largest absolute Gasteiger partial charge is 0.442 e. The van der Waals surface area contributed by atoms with E-state index < -0.39 is 18.0 Å². The van der Waals surface area contributed by atoms with Gasteiger partial charge in [0.2, 0.25) is 11.8 Å². The van der Waals surface area contributed by atoms with Crippen LogP contribution in [0.4, 0.5) is 4.79 Å². The van der Waals surface area contributed by atoms with Crippen molar-refractivity contribution in [2.75, 3.05) is 7.11 Å². The number of benzene rings is 1. The lowest BCUT2D eigenvalue weighted by atomic mass is 10.0. The molecule has 1 aromatic heterocycles. The van der Waals surface area contributed by atoms with Crippen LogP contribution in [0, 0.1) is 6.92 Å². The molecule has 1 atom stereocenters. The third-order valence-corrected chi connectivity index (χ3v) is 6.67. The molecule has 174 valence electrons. The topological polar surface area (TPSA) is 127 Å². The molecule has 2 N–H and O–H groups in total. The minimum Gasteiger partial charge on any atom is -0.442 e. The molecule has 11 heteroatoms. The second-order valence-electron chi connectivity index (χ2n) is 7.87. The Morgan fingerprint density at radius 2 is 2.12 bits per heavy atom. The minimum atomic E-state index is -0.655. The molecule has 3 heterocycles. The Hall–Kier alpha value is -3.31. The van der Waals surface area contributed by atoms with Gasteiger partial charge in [-0.1, -0.05) is 12.1 Å². The zero-order valence-corrected chi connectivity index (χ0v) is 19.1. The number of nitrogens with zero attached hydrogens (tertiary/aromatic N) is 2. The first-order valence-electron chi connectivity index (χ1n) is 10.5. The van der Waals surface area contributed by atoms with Crippen molar-refractivity contribution in [1.82, 2.24) is 20.5 Å². The Bertz CT molecular complexity index is 1110. The van der Waals surface area contributed by atoms with Crippen LogP contribution in [-0.4, -0.2) is 46.9 Å². The molecule has 2 aromatic rings. The fraction of sp³-hybridized carbons (Fsp3) is 0.409. The van der Waals surface area contributed by atoms with Gasteiger partial charge in [0.1, 0.15) is 17.7 Å². The fourth-order valence-corrected chi connectivity index (χ4v) is 4.83. The molecule has 2 aliphatic rings. The number of carbonyl (C=O) groups is 4. The number of alkyl carbamates (subject to hydrolysis) is 1. The van der Waals surface area contributed by atoms with E-state index in [1.165, 1.54) is 16.2 Å². The number of carbonyl (C=O) groups excluding carboxylic acids is 4. The Morgan fingerprint density at radius 3 is 2.88 bits per heavy atom. The number of hydrogen-bond acceptors (Lipinski definition) is 8. The summed E-state index contributed by atoms with van der Waals surface area (Å²) in [6, 6.07) is 4.70. The number of hydrogen-bond donors (Lipinski definition) is 2. The first-order valence-corrected chi connectivity index (χ1v) is 11.3. The molecule has 33 heavy (non-hydrogen) atoms. The van der Waals surface area contributed by atoms with Crippen molar-refractivity contribution in [3.63, 3.8) is 0 Å². The number of piperidine rings is 1. The standard InChI is InChI=1S/C22H24N4O6S/c1-12-17(10-31-2)33-19(24-12)11-32-22(30)23-8-13-3-4-14-9-26(21(29)15(14)7-13)16-5-6-18(27)25-20(16)28/h3-4,7,16H,5-6,8-11H2,1-2H3,(H,23,30)(H,25,27,28). The van der Waals surface area contributed by atoms with Gasteiger partial charge in [-0.25, -0.2) is 9.78 Å². The van der Waals surface area contributed by atoms with Crippen LogP contribution in [0.15, 0.2) is 18.2 Å². The van der Waals surface area contributed by atoms with Crippen molar-refractivity contribution in [2.45, 2.75) is 52.1 Å². The van der Waals surface area contributed by atoms with Gasteiger partial charge in [-0.2, -0.15) is 0 Å². The average molecular weight is 473 g/mol. The number of rotatable bonds is 7. The van der Waals surface area contributed by atoms with E-state index in [1.807, 2.05) is 19.1 Å². The van der Waals surface area contributed by atoms with Crippen LogP contribution in [0.2, 0.25) is 0 Å². The van der Waals surface area contributed by atoms with Gasteiger partial charge in [-0.3, -0.25) is 19.7 Å². The average Bonchev–Trinajstić information content (AvgIpc) is 3.30. The highest BCUT2D eigenvalue weighted by atomic mass is 32.1. The number of aromatic nitrogens is 1. The molecule has 0 radical (unpaired) electrons. The van der Waals surface area contributed by atoms with Gasteiger partial charge in [0.25, 0.3) is 5.91 Å². The molecule has 1 saturated heterocycles. The maximum atomic E-state index is 12.9. The molecular formula is C22H24N4O6S. The number of ether oxygens (including phenoxy) is 2. The molecular weight excluding hydrogens is 448 g/mol. The van der Waals surface area contributed by atoms with Gasteiger partial charge < -0.3 is 19.7 Å². The van der Waals surface area contributed by atoms with Crippen LogP contribution in [0.3, 0.4) is 0 Å². The van der Waals surface area contributed by atoms with E-state index in [0.717, 1.165) is 21.7 Å². The van der Waals surface area contributed by atoms with E-state index in [0.29, 0.717) is 30.1 Å². The first kappa shape index (κ1) is 22.9. The third kappa shape index (κ3) is 5.04. The highest BCUT2D eigenvalue weighted by molar-refractivity contribution is 7.11. The summed E-state index contributed by atoms with van der Waals surface area (Å²) >= 11 is 1.44. The van der Waals surface area contributed by atoms with E-state index in [4.69, 9.17) is 9.47 Å². The lowest BCUT2D eigenvalue weighted by molar-refractivity contribution is -0.136. The van der Waals surface area contributed by atoms with Crippen molar-refractivity contribution in [3.8, 4) is 0 Å². The maximum Gasteiger partial charge on any atom is 0.407 e. The second-order valence-corrected chi connectivity index (χ2v) is 9.04. The van der Waals surface area contributed by atoms with E-state index in [-0.39, 0.29) is 31.4 Å². The Morgan fingerprint density at radius 1 is 1.30 bits per heavy atom. The van der Waals surface area contributed by atoms with Gasteiger partial charge in [0.05, 0.1) is 17.2 Å². The lowest BCUT2D eigenvalue weighted by Gasteiger charge is -2.29. The molecule has 0 spiro atoms. The molecule has 4 rings (SSSR count). The van der Waals surface area contributed by atoms with Crippen molar-refractivity contribution in [1.29, 1.82) is 0 Å². The molecule has 4 amide bonds. The smallest absolute Gasteiger partial charge is 0.407 e. The van der Waals surface area contributed by atoms with Crippen molar-refractivity contribution in [2.24, 2.45) is 0 Å².